The van der Waals surface area contributed by atoms with Crippen molar-refractivity contribution in [2.24, 2.45) is 0 Å². The Morgan fingerprint density at radius 1 is 1.24 bits per heavy atom. The van der Waals surface area contributed by atoms with Gasteiger partial charge in [0.05, 0.1) is 11.8 Å². The van der Waals surface area contributed by atoms with Gasteiger partial charge >= 0.3 is 0 Å². The predicted molar refractivity (Wildman–Crippen MR) is 96.7 cm³/mol. The number of para-hydroxylation sites is 1. The van der Waals surface area contributed by atoms with Gasteiger partial charge in [0.2, 0.25) is 5.91 Å². The van der Waals surface area contributed by atoms with E-state index >= 15 is 0 Å². The lowest BCUT2D eigenvalue weighted by atomic mass is 10.1. The number of piperazine rings is 1. The van der Waals surface area contributed by atoms with Crippen LogP contribution < -0.4 is 4.90 Å². The van der Waals surface area contributed by atoms with Crippen molar-refractivity contribution in [3.63, 3.8) is 0 Å². The van der Waals surface area contributed by atoms with Gasteiger partial charge in [0, 0.05) is 30.5 Å². The summed E-state index contributed by atoms with van der Waals surface area (Å²) in [5, 5.41) is 4.36. The van der Waals surface area contributed by atoms with E-state index in [1.165, 1.54) is 0 Å². The smallest absolute Gasteiger partial charge is 0.257 e. The SMILES string of the molecule is CCC(C)n1ncc(C(=O)N2CCN(c3ccccc3)C(=O)C2)c1C. The summed E-state index contributed by atoms with van der Waals surface area (Å²) in [4.78, 5) is 28.7. The van der Waals surface area contributed by atoms with Crippen LogP contribution in [0, 0.1) is 6.92 Å². The number of carbonyl (C=O) groups excluding carboxylic acids is 2. The Bertz CT molecular complexity index is 769. The van der Waals surface area contributed by atoms with Crippen LogP contribution in [0.1, 0.15) is 42.4 Å². The molecule has 0 spiro atoms. The van der Waals surface area contributed by atoms with Crippen LogP contribution in [0.3, 0.4) is 0 Å². The van der Waals surface area contributed by atoms with Gasteiger partial charge in [-0.25, -0.2) is 0 Å². The fraction of sp³-hybridized carbons (Fsp3) is 0.421. The van der Waals surface area contributed by atoms with Gasteiger partial charge in [0.25, 0.3) is 5.91 Å². The Labute approximate surface area is 148 Å². The quantitative estimate of drug-likeness (QED) is 0.860. The highest BCUT2D eigenvalue weighted by Crippen LogP contribution is 2.20. The lowest BCUT2D eigenvalue weighted by Gasteiger charge is -2.34. The first kappa shape index (κ1) is 17.2. The van der Waals surface area contributed by atoms with Gasteiger partial charge in [-0.3, -0.25) is 14.3 Å². The lowest BCUT2D eigenvalue weighted by molar-refractivity contribution is -0.120. The number of carbonyl (C=O) groups is 2. The van der Waals surface area contributed by atoms with Crippen molar-refractivity contribution in [1.82, 2.24) is 14.7 Å². The first-order valence-corrected chi connectivity index (χ1v) is 8.71. The van der Waals surface area contributed by atoms with E-state index in [1.54, 1.807) is 16.0 Å². The van der Waals surface area contributed by atoms with E-state index in [4.69, 9.17) is 0 Å². The van der Waals surface area contributed by atoms with Crippen LogP contribution >= 0.6 is 0 Å². The average molecular weight is 340 g/mol. The van der Waals surface area contributed by atoms with Crippen molar-refractivity contribution < 1.29 is 9.59 Å². The Kier molecular flexibility index (Phi) is 4.88. The largest absolute Gasteiger partial charge is 0.327 e. The highest BCUT2D eigenvalue weighted by molar-refractivity contribution is 6.02. The summed E-state index contributed by atoms with van der Waals surface area (Å²) in [6.07, 6.45) is 2.57. The molecule has 2 heterocycles. The van der Waals surface area contributed by atoms with Crippen LogP contribution in [0.5, 0.6) is 0 Å². The number of benzene rings is 1. The molecule has 0 N–H and O–H groups in total. The molecule has 1 atom stereocenters. The molecule has 0 bridgehead atoms. The molecule has 0 aliphatic carbocycles. The first-order chi connectivity index (χ1) is 12.0. The third-order valence-corrected chi connectivity index (χ3v) is 4.86. The number of hydrogen-bond acceptors (Lipinski definition) is 3. The third-order valence-electron chi connectivity index (χ3n) is 4.86. The molecule has 3 rings (SSSR count). The fourth-order valence-corrected chi connectivity index (χ4v) is 3.15. The molecule has 1 saturated heterocycles. The van der Waals surface area contributed by atoms with Crippen molar-refractivity contribution in [2.45, 2.75) is 33.2 Å². The Hall–Kier alpha value is -2.63. The van der Waals surface area contributed by atoms with Crippen molar-refractivity contribution in [3.05, 3.63) is 47.8 Å². The minimum Gasteiger partial charge on any atom is -0.327 e. The van der Waals surface area contributed by atoms with E-state index in [0.717, 1.165) is 17.8 Å². The molecule has 0 saturated carbocycles. The summed E-state index contributed by atoms with van der Waals surface area (Å²) >= 11 is 0. The minimum atomic E-state index is -0.117. The van der Waals surface area contributed by atoms with Crippen molar-refractivity contribution >= 4 is 17.5 Å². The summed E-state index contributed by atoms with van der Waals surface area (Å²) in [5.41, 5.74) is 2.32. The van der Waals surface area contributed by atoms with Gasteiger partial charge in [-0.05, 0) is 32.4 Å². The average Bonchev–Trinajstić information content (AvgIpc) is 3.02. The molecule has 1 aliphatic heterocycles. The van der Waals surface area contributed by atoms with E-state index in [9.17, 15) is 9.59 Å². The van der Waals surface area contributed by atoms with Crippen LogP contribution in [0.2, 0.25) is 0 Å². The van der Waals surface area contributed by atoms with E-state index in [1.807, 2.05) is 41.9 Å². The molecule has 6 nitrogen and oxygen atoms in total. The van der Waals surface area contributed by atoms with Crippen LogP contribution in [-0.2, 0) is 4.79 Å². The molecule has 1 aromatic heterocycles. The zero-order valence-corrected chi connectivity index (χ0v) is 15.0. The maximum atomic E-state index is 12.8. The maximum Gasteiger partial charge on any atom is 0.257 e. The molecule has 1 unspecified atom stereocenters. The summed E-state index contributed by atoms with van der Waals surface area (Å²) in [7, 11) is 0. The van der Waals surface area contributed by atoms with Gasteiger partial charge in [-0.1, -0.05) is 25.1 Å². The number of aromatic nitrogens is 2. The zero-order chi connectivity index (χ0) is 18.0. The maximum absolute atomic E-state index is 12.8. The molecule has 6 heteroatoms. The summed E-state index contributed by atoms with van der Waals surface area (Å²) in [6.45, 7) is 7.21. The standard InChI is InChI=1S/C19H24N4O2/c1-4-14(2)23-15(3)17(12-20-23)19(25)21-10-11-22(18(24)13-21)16-8-6-5-7-9-16/h5-9,12,14H,4,10-11,13H2,1-3H3. The van der Waals surface area contributed by atoms with E-state index < -0.39 is 0 Å². The van der Waals surface area contributed by atoms with E-state index in [-0.39, 0.29) is 24.4 Å². The Morgan fingerprint density at radius 2 is 1.96 bits per heavy atom. The van der Waals surface area contributed by atoms with Gasteiger partial charge in [0.15, 0.2) is 0 Å². The molecule has 1 aliphatic rings. The van der Waals surface area contributed by atoms with E-state index in [2.05, 4.69) is 18.9 Å². The zero-order valence-electron chi connectivity index (χ0n) is 15.0. The monoisotopic (exact) mass is 340 g/mol. The minimum absolute atomic E-state index is 0.0576. The molecule has 2 amide bonds. The van der Waals surface area contributed by atoms with Gasteiger partial charge in [-0.15, -0.1) is 0 Å². The van der Waals surface area contributed by atoms with Crippen molar-refractivity contribution in [3.8, 4) is 0 Å². The Balaban J connectivity index is 1.73. The summed E-state index contributed by atoms with van der Waals surface area (Å²) in [5.74, 6) is -0.175. The second-order valence-electron chi connectivity index (χ2n) is 6.45. The molecule has 0 radical (unpaired) electrons. The lowest BCUT2D eigenvalue weighted by Crippen LogP contribution is -2.52. The molecular weight excluding hydrogens is 316 g/mol. The van der Waals surface area contributed by atoms with Crippen LogP contribution in [0.15, 0.2) is 36.5 Å². The molecule has 1 fully saturated rings. The van der Waals surface area contributed by atoms with E-state index in [0.29, 0.717) is 18.7 Å². The van der Waals surface area contributed by atoms with Crippen LogP contribution in [-0.4, -0.2) is 46.1 Å². The summed E-state index contributed by atoms with van der Waals surface area (Å²) < 4.78 is 1.88. The van der Waals surface area contributed by atoms with Crippen molar-refractivity contribution in [1.29, 1.82) is 0 Å². The number of amides is 2. The predicted octanol–water partition coefficient (Wildman–Crippen LogP) is 2.65. The fourth-order valence-electron chi connectivity index (χ4n) is 3.15. The first-order valence-electron chi connectivity index (χ1n) is 8.71. The normalized spacial score (nSPS) is 16.2. The second-order valence-corrected chi connectivity index (χ2v) is 6.45. The summed E-state index contributed by atoms with van der Waals surface area (Å²) in [6, 6.07) is 9.81. The molecule has 1 aromatic carbocycles. The molecule has 2 aromatic rings. The number of anilines is 1. The highest BCUT2D eigenvalue weighted by atomic mass is 16.2. The number of nitrogens with zero attached hydrogens (tertiary/aromatic N) is 4. The van der Waals surface area contributed by atoms with Gasteiger partial charge in [0.1, 0.15) is 6.54 Å². The Morgan fingerprint density at radius 3 is 2.60 bits per heavy atom. The van der Waals surface area contributed by atoms with Crippen molar-refractivity contribution in [2.75, 3.05) is 24.5 Å². The van der Waals surface area contributed by atoms with Crippen LogP contribution in [0.4, 0.5) is 5.69 Å². The number of hydrogen-bond donors (Lipinski definition) is 0. The third kappa shape index (κ3) is 3.29. The second kappa shape index (κ2) is 7.09. The number of rotatable bonds is 4. The highest BCUT2D eigenvalue weighted by Gasteiger charge is 2.30. The molecular formula is C19H24N4O2. The topological polar surface area (TPSA) is 58.4 Å². The van der Waals surface area contributed by atoms with Crippen LogP contribution in [0.25, 0.3) is 0 Å². The molecule has 132 valence electrons. The van der Waals surface area contributed by atoms with Gasteiger partial charge in [-0.2, -0.15) is 5.10 Å². The van der Waals surface area contributed by atoms with Gasteiger partial charge < -0.3 is 9.80 Å². The molecule has 25 heavy (non-hydrogen) atoms.